The minimum Gasteiger partial charge on any atom is -0.465 e. The number of esters is 1. The molecule has 0 saturated carbocycles. The van der Waals surface area contributed by atoms with Gasteiger partial charge < -0.3 is 10.5 Å². The zero-order valence-electron chi connectivity index (χ0n) is 13.7. The summed E-state index contributed by atoms with van der Waals surface area (Å²) in [7, 11) is 1.40. The van der Waals surface area contributed by atoms with Gasteiger partial charge in [0.2, 0.25) is 0 Å². The van der Waals surface area contributed by atoms with Crippen molar-refractivity contribution < 1.29 is 9.53 Å². The Kier molecular flexibility index (Phi) is 6.85. The fraction of sp³-hybridized carbons (Fsp3) is 0.588. The summed E-state index contributed by atoms with van der Waals surface area (Å²) in [5.74, 6) is -0.291. The number of nitrogens with two attached hydrogens (primary N) is 1. The van der Waals surface area contributed by atoms with Crippen molar-refractivity contribution in [2.45, 2.75) is 33.7 Å². The van der Waals surface area contributed by atoms with Gasteiger partial charge in [-0.05, 0) is 42.6 Å². The zero-order chi connectivity index (χ0) is 15.9. The maximum Gasteiger partial charge on any atom is 0.337 e. The van der Waals surface area contributed by atoms with Crippen molar-refractivity contribution in [3.05, 3.63) is 35.4 Å². The summed E-state index contributed by atoms with van der Waals surface area (Å²) in [6.07, 6.45) is 1.09. The smallest absolute Gasteiger partial charge is 0.337 e. The van der Waals surface area contributed by atoms with Crippen LogP contribution in [0.25, 0.3) is 0 Å². The van der Waals surface area contributed by atoms with E-state index in [9.17, 15) is 4.79 Å². The van der Waals surface area contributed by atoms with Crippen molar-refractivity contribution in [2.75, 3.05) is 26.7 Å². The number of carbonyl (C=O) groups is 1. The molecule has 0 bridgehead atoms. The number of hydrogen-bond acceptors (Lipinski definition) is 4. The van der Waals surface area contributed by atoms with E-state index in [0.29, 0.717) is 12.1 Å². The third-order valence-electron chi connectivity index (χ3n) is 3.50. The number of methoxy groups -OCH3 is 1. The summed E-state index contributed by atoms with van der Waals surface area (Å²) >= 11 is 0. The van der Waals surface area contributed by atoms with Crippen LogP contribution in [0.3, 0.4) is 0 Å². The van der Waals surface area contributed by atoms with Crippen molar-refractivity contribution in [1.82, 2.24) is 4.90 Å². The first-order chi connectivity index (χ1) is 9.91. The number of benzene rings is 1. The van der Waals surface area contributed by atoms with E-state index in [0.717, 1.165) is 31.6 Å². The normalized spacial score (nSPS) is 11.7. The quantitative estimate of drug-likeness (QED) is 0.748. The van der Waals surface area contributed by atoms with E-state index in [-0.39, 0.29) is 11.4 Å². The predicted octanol–water partition coefficient (Wildman–Crippen LogP) is 2.67. The van der Waals surface area contributed by atoms with Gasteiger partial charge in [-0.3, -0.25) is 4.90 Å². The highest BCUT2D eigenvalue weighted by molar-refractivity contribution is 5.89. The molecule has 0 aliphatic carbocycles. The molecule has 0 unspecified atom stereocenters. The van der Waals surface area contributed by atoms with Crippen LogP contribution in [-0.2, 0) is 11.3 Å². The van der Waals surface area contributed by atoms with E-state index in [2.05, 4.69) is 25.7 Å². The number of hydrogen-bond donors (Lipinski definition) is 1. The van der Waals surface area contributed by atoms with E-state index in [4.69, 9.17) is 10.5 Å². The molecule has 0 fully saturated rings. The van der Waals surface area contributed by atoms with Gasteiger partial charge in [0.25, 0.3) is 0 Å². The highest BCUT2D eigenvalue weighted by Crippen LogP contribution is 2.18. The van der Waals surface area contributed by atoms with Gasteiger partial charge in [0, 0.05) is 13.1 Å². The molecule has 0 aliphatic rings. The first-order valence-corrected chi connectivity index (χ1v) is 7.51. The monoisotopic (exact) mass is 292 g/mol. The number of carbonyl (C=O) groups excluding carboxylic acids is 1. The molecule has 0 aromatic heterocycles. The summed E-state index contributed by atoms with van der Waals surface area (Å²) in [4.78, 5) is 14.0. The molecule has 0 saturated heterocycles. The lowest BCUT2D eigenvalue weighted by Gasteiger charge is -2.31. The Hall–Kier alpha value is -1.39. The average molecular weight is 292 g/mol. The largest absolute Gasteiger partial charge is 0.465 e. The lowest BCUT2D eigenvalue weighted by atomic mass is 9.92. The summed E-state index contributed by atoms with van der Waals surface area (Å²) in [5.41, 5.74) is 7.66. The second kappa shape index (κ2) is 8.15. The van der Waals surface area contributed by atoms with E-state index < -0.39 is 0 Å². The van der Waals surface area contributed by atoms with Crippen LogP contribution < -0.4 is 5.73 Å². The van der Waals surface area contributed by atoms with Crippen molar-refractivity contribution in [3.8, 4) is 0 Å². The molecular weight excluding hydrogens is 264 g/mol. The van der Waals surface area contributed by atoms with E-state index in [1.54, 1.807) is 6.07 Å². The van der Waals surface area contributed by atoms with Crippen molar-refractivity contribution in [1.29, 1.82) is 0 Å². The Morgan fingerprint density at radius 2 is 2.10 bits per heavy atom. The van der Waals surface area contributed by atoms with Crippen molar-refractivity contribution >= 4 is 5.97 Å². The van der Waals surface area contributed by atoms with Gasteiger partial charge in [-0.25, -0.2) is 4.79 Å². The Labute approximate surface area is 128 Å². The molecule has 4 heteroatoms. The highest BCUT2D eigenvalue weighted by atomic mass is 16.5. The maximum absolute atomic E-state index is 11.6. The Bertz CT molecular complexity index is 458. The summed E-state index contributed by atoms with van der Waals surface area (Å²) < 4.78 is 4.77. The van der Waals surface area contributed by atoms with Crippen molar-refractivity contribution in [2.24, 2.45) is 11.1 Å². The molecule has 21 heavy (non-hydrogen) atoms. The van der Waals surface area contributed by atoms with Crippen LogP contribution in [-0.4, -0.2) is 37.6 Å². The lowest BCUT2D eigenvalue weighted by molar-refractivity contribution is 0.0600. The fourth-order valence-electron chi connectivity index (χ4n) is 2.37. The van der Waals surface area contributed by atoms with E-state index in [1.165, 1.54) is 7.11 Å². The van der Waals surface area contributed by atoms with Crippen LogP contribution >= 0.6 is 0 Å². The first-order valence-electron chi connectivity index (χ1n) is 7.51. The first kappa shape index (κ1) is 17.7. The van der Waals surface area contributed by atoms with Gasteiger partial charge in [0.05, 0.1) is 12.7 Å². The van der Waals surface area contributed by atoms with Gasteiger partial charge in [-0.2, -0.15) is 0 Å². The Morgan fingerprint density at radius 3 is 2.67 bits per heavy atom. The predicted molar refractivity (Wildman–Crippen MR) is 86.2 cm³/mol. The third kappa shape index (κ3) is 5.86. The van der Waals surface area contributed by atoms with Gasteiger partial charge in [0.15, 0.2) is 0 Å². The summed E-state index contributed by atoms with van der Waals surface area (Å²) in [6.45, 7) is 9.98. The van der Waals surface area contributed by atoms with Crippen LogP contribution in [0.15, 0.2) is 24.3 Å². The standard InChI is InChI=1S/C17H28N2O2/c1-5-9-19(13-17(2,3)12-18)11-14-7-6-8-15(10-14)16(20)21-4/h6-8,10H,5,9,11-13,18H2,1-4H3. The molecule has 4 nitrogen and oxygen atoms in total. The fourth-order valence-corrected chi connectivity index (χ4v) is 2.37. The Balaban J connectivity index is 2.81. The van der Waals surface area contributed by atoms with Crippen LogP contribution in [0.5, 0.6) is 0 Å². The van der Waals surface area contributed by atoms with Crippen LogP contribution in [0.2, 0.25) is 0 Å². The van der Waals surface area contributed by atoms with Gasteiger partial charge in [0.1, 0.15) is 0 Å². The number of nitrogens with zero attached hydrogens (tertiary/aromatic N) is 1. The van der Waals surface area contributed by atoms with E-state index in [1.807, 2.05) is 18.2 Å². The molecule has 0 heterocycles. The molecular formula is C17H28N2O2. The second-order valence-corrected chi connectivity index (χ2v) is 6.27. The minimum absolute atomic E-state index is 0.0924. The average Bonchev–Trinajstić information content (AvgIpc) is 2.46. The lowest BCUT2D eigenvalue weighted by Crippen LogP contribution is -2.38. The molecule has 0 amide bonds. The molecule has 1 aromatic rings. The van der Waals surface area contributed by atoms with Gasteiger partial charge in [-0.1, -0.05) is 32.9 Å². The molecule has 118 valence electrons. The van der Waals surface area contributed by atoms with Crippen LogP contribution in [0, 0.1) is 5.41 Å². The number of rotatable bonds is 8. The third-order valence-corrected chi connectivity index (χ3v) is 3.50. The molecule has 0 radical (unpaired) electrons. The van der Waals surface area contributed by atoms with Crippen LogP contribution in [0.1, 0.15) is 43.1 Å². The topological polar surface area (TPSA) is 55.6 Å². The summed E-state index contributed by atoms with van der Waals surface area (Å²) in [5, 5.41) is 0. The molecule has 0 aliphatic heterocycles. The number of ether oxygens (including phenoxy) is 1. The second-order valence-electron chi connectivity index (χ2n) is 6.27. The van der Waals surface area contributed by atoms with Gasteiger partial charge >= 0.3 is 5.97 Å². The maximum atomic E-state index is 11.6. The summed E-state index contributed by atoms with van der Waals surface area (Å²) in [6, 6.07) is 7.64. The SMILES string of the molecule is CCCN(Cc1cccc(C(=O)OC)c1)CC(C)(C)CN. The molecule has 2 N–H and O–H groups in total. The molecule has 0 spiro atoms. The zero-order valence-corrected chi connectivity index (χ0v) is 13.7. The van der Waals surface area contributed by atoms with Crippen molar-refractivity contribution in [3.63, 3.8) is 0 Å². The molecule has 0 atom stereocenters. The highest BCUT2D eigenvalue weighted by Gasteiger charge is 2.20. The Morgan fingerprint density at radius 1 is 1.38 bits per heavy atom. The minimum atomic E-state index is -0.291. The molecule has 1 rings (SSSR count). The van der Waals surface area contributed by atoms with Crippen LogP contribution in [0.4, 0.5) is 0 Å². The van der Waals surface area contributed by atoms with E-state index >= 15 is 0 Å². The molecule has 1 aromatic carbocycles. The van der Waals surface area contributed by atoms with Gasteiger partial charge in [-0.15, -0.1) is 0 Å².